The molecule has 0 unspecified atom stereocenters. The summed E-state index contributed by atoms with van der Waals surface area (Å²) in [5, 5.41) is 0. The third-order valence-electron chi connectivity index (χ3n) is 1.69. The van der Waals surface area contributed by atoms with Gasteiger partial charge in [0.2, 0.25) is 6.41 Å². The van der Waals surface area contributed by atoms with Gasteiger partial charge in [-0.25, -0.2) is 0 Å². The van der Waals surface area contributed by atoms with Crippen LogP contribution in [0.5, 0.6) is 0 Å². The molecule has 1 amide bonds. The van der Waals surface area contributed by atoms with Crippen LogP contribution < -0.4 is 0 Å². The molecule has 0 atom stereocenters. The minimum Gasteiger partial charge on any atom is -0.388 e. The lowest BCUT2D eigenvalue weighted by molar-refractivity contribution is -0.119. The van der Waals surface area contributed by atoms with Crippen LogP contribution in [0.25, 0.3) is 0 Å². The second-order valence-corrected chi connectivity index (χ2v) is 2.85. The monoisotopic (exact) mass is 174 g/mol. The zero-order chi connectivity index (χ0) is 9.40. The summed E-state index contributed by atoms with van der Waals surface area (Å²) in [5.41, 5.74) is 0. The van der Waals surface area contributed by atoms with Crippen LogP contribution in [0.2, 0.25) is 0 Å². The Morgan fingerprint density at radius 1 is 1.17 bits per heavy atom. The van der Waals surface area contributed by atoms with E-state index in [1.54, 1.807) is 19.1 Å². The van der Waals surface area contributed by atoms with Crippen LogP contribution >= 0.6 is 0 Å². The second kappa shape index (κ2) is 7.06. The van der Waals surface area contributed by atoms with E-state index in [9.17, 15) is 4.79 Å². The van der Waals surface area contributed by atoms with Crippen LogP contribution in [0, 0.1) is 0 Å². The molecule has 1 fully saturated rings. The van der Waals surface area contributed by atoms with Crippen molar-refractivity contribution in [2.24, 2.45) is 0 Å². The summed E-state index contributed by atoms with van der Waals surface area (Å²) < 4.78 is 4.25. The summed E-state index contributed by atoms with van der Waals surface area (Å²) in [6, 6.07) is 0. The van der Waals surface area contributed by atoms with Crippen molar-refractivity contribution in [2.75, 3.05) is 47.4 Å². The first-order chi connectivity index (χ1) is 5.74. The minimum atomic E-state index is 0.889. The molecule has 1 heterocycles. The third kappa shape index (κ3) is 5.09. The number of piperazine rings is 1. The van der Waals surface area contributed by atoms with E-state index in [1.165, 1.54) is 0 Å². The molecule has 1 rings (SSSR count). The number of amides is 1. The topological polar surface area (TPSA) is 32.8 Å². The molecule has 0 aromatic carbocycles. The number of ether oxygens (including phenoxy) is 1. The van der Waals surface area contributed by atoms with E-state index in [0.717, 1.165) is 32.6 Å². The zero-order valence-electron chi connectivity index (χ0n) is 8.12. The van der Waals surface area contributed by atoms with Crippen molar-refractivity contribution in [3.05, 3.63) is 0 Å². The SMILES string of the molecule is CN1CCN(C=O)CC1.COC. The lowest BCUT2D eigenvalue weighted by atomic mass is 10.4. The molecule has 0 N–H and O–H groups in total. The van der Waals surface area contributed by atoms with E-state index in [-0.39, 0.29) is 0 Å². The van der Waals surface area contributed by atoms with Gasteiger partial charge in [-0.2, -0.15) is 0 Å². The maximum Gasteiger partial charge on any atom is 0.209 e. The van der Waals surface area contributed by atoms with E-state index in [2.05, 4.69) is 16.7 Å². The molecule has 1 aliphatic rings. The highest BCUT2D eigenvalue weighted by Crippen LogP contribution is 1.94. The molecular weight excluding hydrogens is 156 g/mol. The molecule has 1 aliphatic heterocycles. The Kier molecular flexibility index (Phi) is 6.70. The lowest BCUT2D eigenvalue weighted by Crippen LogP contribution is -2.43. The number of rotatable bonds is 1. The first kappa shape index (κ1) is 11.4. The highest BCUT2D eigenvalue weighted by Gasteiger charge is 2.10. The van der Waals surface area contributed by atoms with Gasteiger partial charge in [0.1, 0.15) is 0 Å². The number of hydrogen-bond acceptors (Lipinski definition) is 3. The van der Waals surface area contributed by atoms with Gasteiger partial charge in [-0.3, -0.25) is 4.79 Å². The van der Waals surface area contributed by atoms with E-state index >= 15 is 0 Å². The van der Waals surface area contributed by atoms with Crippen LogP contribution in [0.15, 0.2) is 0 Å². The number of methoxy groups -OCH3 is 1. The Hall–Kier alpha value is -0.610. The van der Waals surface area contributed by atoms with Gasteiger partial charge < -0.3 is 14.5 Å². The zero-order valence-corrected chi connectivity index (χ0v) is 8.12. The summed E-state index contributed by atoms with van der Waals surface area (Å²) in [4.78, 5) is 14.2. The van der Waals surface area contributed by atoms with E-state index in [4.69, 9.17) is 0 Å². The average molecular weight is 174 g/mol. The number of carbonyl (C=O) groups excluding carboxylic acids is 1. The van der Waals surface area contributed by atoms with Gasteiger partial charge in [0.05, 0.1) is 0 Å². The van der Waals surface area contributed by atoms with Gasteiger partial charge in [-0.15, -0.1) is 0 Å². The van der Waals surface area contributed by atoms with Crippen molar-refractivity contribution in [1.29, 1.82) is 0 Å². The highest BCUT2D eigenvalue weighted by molar-refractivity contribution is 5.47. The molecule has 4 heteroatoms. The molecule has 0 aliphatic carbocycles. The quantitative estimate of drug-likeness (QED) is 0.509. The normalized spacial score (nSPS) is 18.1. The number of carbonyl (C=O) groups is 1. The third-order valence-corrected chi connectivity index (χ3v) is 1.69. The maximum atomic E-state index is 10.2. The van der Waals surface area contributed by atoms with E-state index < -0.39 is 0 Å². The molecule has 0 saturated carbocycles. The van der Waals surface area contributed by atoms with Crippen molar-refractivity contribution in [2.45, 2.75) is 0 Å². The van der Waals surface area contributed by atoms with Gasteiger partial charge in [-0.1, -0.05) is 0 Å². The fourth-order valence-electron chi connectivity index (χ4n) is 0.927. The molecule has 0 aromatic rings. The van der Waals surface area contributed by atoms with Gasteiger partial charge >= 0.3 is 0 Å². The van der Waals surface area contributed by atoms with Crippen molar-refractivity contribution in [3.63, 3.8) is 0 Å². The van der Waals surface area contributed by atoms with Crippen molar-refractivity contribution in [3.8, 4) is 0 Å². The molecule has 0 bridgehead atoms. The van der Waals surface area contributed by atoms with Gasteiger partial charge in [0.25, 0.3) is 0 Å². The molecule has 12 heavy (non-hydrogen) atoms. The molecular formula is C8H18N2O2. The van der Waals surface area contributed by atoms with Crippen LogP contribution in [0.3, 0.4) is 0 Å². The molecule has 0 radical (unpaired) electrons. The first-order valence-corrected chi connectivity index (χ1v) is 4.02. The Morgan fingerprint density at radius 2 is 1.58 bits per heavy atom. The summed E-state index contributed by atoms with van der Waals surface area (Å²) in [5.74, 6) is 0. The fourth-order valence-corrected chi connectivity index (χ4v) is 0.927. The minimum absolute atomic E-state index is 0.889. The van der Waals surface area contributed by atoms with Crippen molar-refractivity contribution in [1.82, 2.24) is 9.80 Å². The molecule has 72 valence electrons. The van der Waals surface area contributed by atoms with E-state index in [0.29, 0.717) is 0 Å². The summed E-state index contributed by atoms with van der Waals surface area (Å²) in [6.07, 6.45) is 0.924. The summed E-state index contributed by atoms with van der Waals surface area (Å²) in [7, 11) is 5.32. The van der Waals surface area contributed by atoms with E-state index in [1.807, 2.05) is 0 Å². The Labute approximate surface area is 74.1 Å². The number of hydrogen-bond donors (Lipinski definition) is 0. The van der Waals surface area contributed by atoms with Crippen LogP contribution in [0.4, 0.5) is 0 Å². The Morgan fingerprint density at radius 3 is 1.92 bits per heavy atom. The second-order valence-electron chi connectivity index (χ2n) is 2.85. The van der Waals surface area contributed by atoms with Crippen molar-refractivity contribution >= 4 is 6.41 Å². The predicted molar refractivity (Wildman–Crippen MR) is 48.1 cm³/mol. The molecule has 1 saturated heterocycles. The molecule has 0 aromatic heterocycles. The lowest BCUT2D eigenvalue weighted by Gasteiger charge is -2.29. The van der Waals surface area contributed by atoms with Crippen LogP contribution in [0.1, 0.15) is 0 Å². The van der Waals surface area contributed by atoms with Crippen LogP contribution in [-0.4, -0.2) is 63.7 Å². The Balaban J connectivity index is 0.000000354. The van der Waals surface area contributed by atoms with Crippen LogP contribution in [-0.2, 0) is 9.53 Å². The maximum absolute atomic E-state index is 10.2. The van der Waals surface area contributed by atoms with Gasteiger partial charge in [-0.05, 0) is 7.05 Å². The smallest absolute Gasteiger partial charge is 0.209 e. The number of likely N-dealkylation sites (N-methyl/N-ethyl adjacent to an activating group) is 1. The summed E-state index contributed by atoms with van der Waals surface area (Å²) in [6.45, 7) is 3.80. The standard InChI is InChI=1S/C6H12N2O.C2H6O/c1-7-2-4-8(6-9)5-3-7;1-3-2/h6H,2-5H2,1H3;1-2H3. The molecule has 4 nitrogen and oxygen atoms in total. The highest BCUT2D eigenvalue weighted by atomic mass is 16.4. The largest absolute Gasteiger partial charge is 0.388 e. The van der Waals surface area contributed by atoms with Crippen molar-refractivity contribution < 1.29 is 9.53 Å². The Bertz CT molecular complexity index is 112. The summed E-state index contributed by atoms with van der Waals surface area (Å²) >= 11 is 0. The molecule has 0 spiro atoms. The number of nitrogens with zero attached hydrogens (tertiary/aromatic N) is 2. The van der Waals surface area contributed by atoms with Gasteiger partial charge in [0, 0.05) is 40.4 Å². The fraction of sp³-hybridized carbons (Fsp3) is 0.875. The first-order valence-electron chi connectivity index (χ1n) is 4.02. The van der Waals surface area contributed by atoms with Gasteiger partial charge in [0.15, 0.2) is 0 Å². The average Bonchev–Trinajstić information content (AvgIpc) is 2.07. The predicted octanol–water partition coefficient (Wildman–Crippen LogP) is -0.347.